The number of pyridine rings is 3. The summed E-state index contributed by atoms with van der Waals surface area (Å²) in [5, 5.41) is 0. The molecule has 3 nitrogen and oxygen atoms in total. The van der Waals surface area contributed by atoms with E-state index in [1.165, 1.54) is 54.4 Å². The molecule has 3 aromatic heterocycles. The Bertz CT molecular complexity index is 3120. The van der Waals surface area contributed by atoms with Crippen LogP contribution in [-0.2, 0) is 6.42 Å². The molecule has 0 atom stereocenters. The van der Waals surface area contributed by atoms with Crippen molar-refractivity contribution >= 4 is 0 Å². The van der Waals surface area contributed by atoms with E-state index >= 15 is 0 Å². The van der Waals surface area contributed by atoms with Crippen LogP contribution in [0.25, 0.3) is 101 Å². The van der Waals surface area contributed by atoms with Gasteiger partial charge >= 0.3 is 0 Å². The fraction of sp³-hybridized carbons (Fsp3) is 0.109. The van der Waals surface area contributed by atoms with Crippen molar-refractivity contribution in [1.29, 1.82) is 0 Å². The number of nitrogens with zero attached hydrogens (tertiary/aromatic N) is 3. The standard InChI is InChI=1S/C64H51N3/c1-5-19-45(20-6-1)37-51-41-64(48-25-11-4-12-26-48)67-44-61(51)60-32-18-17-31-59(60)54-39-52(57-29-15-13-27-55(57)49-33-35-62(65-42-49)46-21-7-2-8-22-46)38-53(40-54)58-30-16-14-28-56(58)50-34-36-63(66-43-50)47-23-9-3-10-24-47/h2-4,7-18,21-36,38-45H,1,5-6,19-20,37H2. The van der Waals surface area contributed by atoms with Crippen molar-refractivity contribution in [3.63, 3.8) is 0 Å². The Morgan fingerprint density at radius 3 is 1.09 bits per heavy atom. The monoisotopic (exact) mass is 861 g/mol. The zero-order valence-electron chi connectivity index (χ0n) is 37.6. The quantitative estimate of drug-likeness (QED) is 0.130. The van der Waals surface area contributed by atoms with Crippen molar-refractivity contribution in [2.45, 2.75) is 38.5 Å². The van der Waals surface area contributed by atoms with Crippen molar-refractivity contribution in [2.24, 2.45) is 5.92 Å². The SMILES string of the molecule is c1ccc(-c2ccc(-c3ccccc3-c3cc(-c4ccccc4-c4ccc(-c5ccccc5)nc4)cc(-c4ccccc4-c4cnc(-c5ccccc5)cc4CC4CCCCC4)c3)cn2)cc1. The summed E-state index contributed by atoms with van der Waals surface area (Å²) in [6.07, 6.45) is 13.8. The van der Waals surface area contributed by atoms with Gasteiger partial charge < -0.3 is 0 Å². The third-order valence-electron chi connectivity index (χ3n) is 13.5. The molecular weight excluding hydrogens is 811 g/mol. The number of benzene rings is 7. The van der Waals surface area contributed by atoms with E-state index in [9.17, 15) is 0 Å². The highest BCUT2D eigenvalue weighted by Crippen LogP contribution is 2.43. The normalized spacial score (nSPS) is 12.8. The van der Waals surface area contributed by atoms with Gasteiger partial charge in [0.2, 0.25) is 0 Å². The Hall–Kier alpha value is -8.01. The summed E-state index contributed by atoms with van der Waals surface area (Å²) in [6.45, 7) is 0. The van der Waals surface area contributed by atoms with Gasteiger partial charge in [0.25, 0.3) is 0 Å². The van der Waals surface area contributed by atoms with Gasteiger partial charge in [-0.15, -0.1) is 0 Å². The molecule has 67 heavy (non-hydrogen) atoms. The first kappa shape index (κ1) is 41.7. The van der Waals surface area contributed by atoms with E-state index in [4.69, 9.17) is 15.0 Å². The molecule has 10 aromatic rings. The van der Waals surface area contributed by atoms with Crippen LogP contribution < -0.4 is 0 Å². The van der Waals surface area contributed by atoms with E-state index in [1.54, 1.807) is 0 Å². The highest BCUT2D eigenvalue weighted by molar-refractivity contribution is 5.94. The zero-order chi connectivity index (χ0) is 44.8. The van der Waals surface area contributed by atoms with E-state index in [-0.39, 0.29) is 0 Å². The highest BCUT2D eigenvalue weighted by atomic mass is 14.7. The minimum absolute atomic E-state index is 0.668. The maximum atomic E-state index is 5.17. The van der Waals surface area contributed by atoms with Crippen molar-refractivity contribution < 1.29 is 0 Å². The van der Waals surface area contributed by atoms with Crippen LogP contribution in [0.2, 0.25) is 0 Å². The van der Waals surface area contributed by atoms with Gasteiger partial charge in [-0.1, -0.05) is 208 Å². The van der Waals surface area contributed by atoms with Crippen LogP contribution in [0.3, 0.4) is 0 Å². The van der Waals surface area contributed by atoms with Crippen molar-refractivity contribution in [1.82, 2.24) is 15.0 Å². The largest absolute Gasteiger partial charge is 0.256 e. The molecule has 322 valence electrons. The Kier molecular flexibility index (Phi) is 12.0. The summed E-state index contributed by atoms with van der Waals surface area (Å²) in [4.78, 5) is 15.1. The molecule has 3 heterocycles. The van der Waals surface area contributed by atoms with Crippen LogP contribution in [0.4, 0.5) is 0 Å². The second kappa shape index (κ2) is 19.2. The van der Waals surface area contributed by atoms with Gasteiger partial charge in [-0.2, -0.15) is 0 Å². The zero-order valence-corrected chi connectivity index (χ0v) is 37.6. The van der Waals surface area contributed by atoms with Gasteiger partial charge in [0.05, 0.1) is 17.1 Å². The third-order valence-corrected chi connectivity index (χ3v) is 13.5. The molecule has 0 radical (unpaired) electrons. The molecule has 1 saturated carbocycles. The first-order valence-corrected chi connectivity index (χ1v) is 23.7. The van der Waals surface area contributed by atoms with Gasteiger partial charge in [0, 0.05) is 52.0 Å². The van der Waals surface area contributed by atoms with E-state index in [0.717, 1.165) is 90.3 Å². The van der Waals surface area contributed by atoms with Crippen molar-refractivity contribution in [2.75, 3.05) is 0 Å². The lowest BCUT2D eigenvalue weighted by molar-refractivity contribution is 0.357. The summed E-state index contributed by atoms with van der Waals surface area (Å²) in [5.41, 5.74) is 21.4. The van der Waals surface area contributed by atoms with Crippen molar-refractivity contribution in [3.05, 3.63) is 236 Å². The maximum absolute atomic E-state index is 5.17. The fourth-order valence-corrected chi connectivity index (χ4v) is 10.1. The Morgan fingerprint density at radius 2 is 0.657 bits per heavy atom. The lowest BCUT2D eigenvalue weighted by Crippen LogP contribution is -2.10. The molecule has 1 aliphatic carbocycles. The molecule has 1 aliphatic rings. The lowest BCUT2D eigenvalue weighted by atomic mass is 9.82. The number of rotatable bonds is 11. The van der Waals surface area contributed by atoms with E-state index in [2.05, 4.69) is 206 Å². The van der Waals surface area contributed by atoms with Crippen LogP contribution in [0.1, 0.15) is 37.7 Å². The number of hydrogen-bond donors (Lipinski definition) is 0. The highest BCUT2D eigenvalue weighted by Gasteiger charge is 2.21. The van der Waals surface area contributed by atoms with E-state index in [1.807, 2.05) is 24.5 Å². The van der Waals surface area contributed by atoms with Gasteiger partial charge in [0.15, 0.2) is 0 Å². The average molecular weight is 862 g/mol. The van der Waals surface area contributed by atoms with Gasteiger partial charge in [-0.3, -0.25) is 15.0 Å². The molecule has 0 aliphatic heterocycles. The molecule has 1 fully saturated rings. The Morgan fingerprint density at radius 1 is 0.284 bits per heavy atom. The summed E-state index contributed by atoms with van der Waals surface area (Å²) >= 11 is 0. The third kappa shape index (κ3) is 9.02. The molecule has 0 bridgehead atoms. The number of aromatic nitrogens is 3. The predicted octanol–water partition coefficient (Wildman–Crippen LogP) is 17.0. The van der Waals surface area contributed by atoms with Crippen LogP contribution in [-0.4, -0.2) is 15.0 Å². The van der Waals surface area contributed by atoms with Crippen LogP contribution >= 0.6 is 0 Å². The van der Waals surface area contributed by atoms with E-state index in [0.29, 0.717) is 5.92 Å². The molecule has 7 aromatic carbocycles. The van der Waals surface area contributed by atoms with Gasteiger partial charge in [0.1, 0.15) is 0 Å². The second-order valence-corrected chi connectivity index (χ2v) is 17.8. The second-order valence-electron chi connectivity index (χ2n) is 17.8. The first-order valence-electron chi connectivity index (χ1n) is 23.7. The summed E-state index contributed by atoms with van der Waals surface area (Å²) in [5.74, 6) is 0.668. The molecule has 0 amide bonds. The molecule has 0 spiro atoms. The summed E-state index contributed by atoms with van der Waals surface area (Å²) < 4.78 is 0. The summed E-state index contributed by atoms with van der Waals surface area (Å²) in [6, 6.07) is 76.1. The van der Waals surface area contributed by atoms with Crippen LogP contribution in [0.5, 0.6) is 0 Å². The molecule has 0 saturated heterocycles. The minimum atomic E-state index is 0.668. The van der Waals surface area contributed by atoms with Gasteiger partial charge in [-0.05, 0) is 104 Å². The Labute approximate surface area is 394 Å². The average Bonchev–Trinajstić information content (AvgIpc) is 3.42. The number of hydrogen-bond acceptors (Lipinski definition) is 3. The van der Waals surface area contributed by atoms with Crippen molar-refractivity contribution in [3.8, 4) is 101 Å². The van der Waals surface area contributed by atoms with Crippen LogP contribution in [0, 0.1) is 5.92 Å². The van der Waals surface area contributed by atoms with Gasteiger partial charge in [-0.25, -0.2) is 0 Å². The first-order chi connectivity index (χ1) is 33.2. The molecular formula is C64H51N3. The molecule has 0 unspecified atom stereocenters. The molecule has 0 N–H and O–H groups in total. The Balaban J connectivity index is 1.07. The smallest absolute Gasteiger partial charge is 0.0705 e. The van der Waals surface area contributed by atoms with Crippen LogP contribution in [0.15, 0.2) is 231 Å². The molecule has 11 rings (SSSR count). The molecule has 3 heteroatoms. The lowest BCUT2D eigenvalue weighted by Gasteiger charge is -2.24. The fourth-order valence-electron chi connectivity index (χ4n) is 10.1. The maximum Gasteiger partial charge on any atom is 0.0705 e. The minimum Gasteiger partial charge on any atom is -0.256 e. The predicted molar refractivity (Wildman–Crippen MR) is 279 cm³/mol. The topological polar surface area (TPSA) is 38.7 Å². The summed E-state index contributed by atoms with van der Waals surface area (Å²) in [7, 11) is 0. The van der Waals surface area contributed by atoms with E-state index < -0.39 is 0 Å².